The van der Waals surface area contributed by atoms with Gasteiger partial charge in [0.25, 0.3) is 0 Å². The van der Waals surface area contributed by atoms with Crippen LogP contribution in [-0.4, -0.2) is 160 Å². The maximum atomic E-state index is 5.25. The smallest absolute Gasteiger partial charge is 0.660 e. The van der Waals surface area contributed by atoms with Crippen molar-refractivity contribution < 1.29 is 77.5 Å². The molecule has 6 fully saturated rings. The number of anilines is 3. The van der Waals surface area contributed by atoms with Crippen molar-refractivity contribution >= 4 is 33.4 Å². The fraction of sp³-hybridized carbons (Fsp3) is 0.596. The molecule has 103 heavy (non-hydrogen) atoms. The van der Waals surface area contributed by atoms with E-state index in [0.717, 1.165) is 100 Å². The molecule has 0 radical (unpaired) electrons. The molecule has 0 N–H and O–H groups in total. The number of nitrogens with zero attached hydrogens (tertiary/aromatic N) is 9. The Kier molecular flexibility index (Phi) is 44.1. The van der Waals surface area contributed by atoms with Gasteiger partial charge in [-0.1, -0.05) is 236 Å². The maximum absolute atomic E-state index is 5.25. The van der Waals surface area contributed by atoms with Crippen LogP contribution in [0.2, 0.25) is 37.8 Å². The van der Waals surface area contributed by atoms with Gasteiger partial charge < -0.3 is 52.6 Å². The predicted octanol–water partition coefficient (Wildman–Crippen LogP) is 21.7. The van der Waals surface area contributed by atoms with Gasteiger partial charge in [0.15, 0.2) is 0 Å². The Hall–Kier alpha value is -2.09. The van der Waals surface area contributed by atoms with Gasteiger partial charge in [0.2, 0.25) is 0 Å². The molecule has 564 valence electrons. The minimum Gasteiger partial charge on any atom is -0.660 e. The summed E-state index contributed by atoms with van der Waals surface area (Å²) in [7, 11) is 9.25. The molecular formula is C89H146N9Sc3Si2. The van der Waals surface area contributed by atoms with Crippen LogP contribution in [0.15, 0.2) is 146 Å². The second-order valence-corrected chi connectivity index (χ2v) is 44.0. The first-order chi connectivity index (χ1) is 45.7. The summed E-state index contributed by atoms with van der Waals surface area (Å²) >= 11 is 0. The Balaban J connectivity index is 0.000000632. The maximum Gasteiger partial charge on any atom is 3.00 e. The second kappa shape index (κ2) is 45.9. The zero-order valence-electron chi connectivity index (χ0n) is 69.6. The molecule has 9 aliphatic rings. The molecule has 3 heterocycles. The zero-order chi connectivity index (χ0) is 70.9. The Morgan fingerprint density at radius 1 is 0.408 bits per heavy atom. The Morgan fingerprint density at radius 3 is 1.03 bits per heavy atom. The van der Waals surface area contributed by atoms with E-state index < -0.39 is 16.3 Å². The largest absolute Gasteiger partial charge is 3.00 e. The molecule has 0 amide bonds. The molecule has 12 atom stereocenters. The van der Waals surface area contributed by atoms with Crippen LogP contribution in [-0.2, 0) is 77.5 Å². The summed E-state index contributed by atoms with van der Waals surface area (Å²) < 4.78 is 0. The van der Waals surface area contributed by atoms with Crippen LogP contribution < -0.4 is 14.7 Å². The van der Waals surface area contributed by atoms with Gasteiger partial charge in [-0.2, -0.15) is 61.8 Å². The molecule has 3 aromatic rings. The van der Waals surface area contributed by atoms with Crippen LogP contribution in [0, 0.1) is 90.4 Å². The second-order valence-electron chi connectivity index (χ2n) is 34.7. The first-order valence-corrected chi connectivity index (χ1v) is 44.3. The zero-order valence-corrected chi connectivity index (χ0v) is 77.0. The molecule has 3 saturated heterocycles. The number of likely N-dealkylation sites (tertiary alicyclic amines) is 3. The summed E-state index contributed by atoms with van der Waals surface area (Å²) in [4.78, 5) is 19.8. The van der Waals surface area contributed by atoms with Crippen molar-refractivity contribution in [1.82, 2.24) is 14.7 Å². The molecule has 14 heteroatoms. The summed E-state index contributed by atoms with van der Waals surface area (Å²) in [5, 5.41) is 9.86. The van der Waals surface area contributed by atoms with Gasteiger partial charge in [-0.15, -0.1) is 41.4 Å². The minimum absolute atomic E-state index is 0. The van der Waals surface area contributed by atoms with E-state index in [1.54, 1.807) is 0 Å². The van der Waals surface area contributed by atoms with Crippen molar-refractivity contribution in [3.63, 3.8) is 0 Å². The van der Waals surface area contributed by atoms with Gasteiger partial charge >= 0.3 is 77.5 Å². The van der Waals surface area contributed by atoms with E-state index in [1.807, 2.05) is 96.9 Å². The molecule has 6 aliphatic carbocycles. The number of fused-ring (bicyclic) bond motifs is 3. The average Bonchev–Trinajstić information content (AvgIpc) is 1.63. The van der Waals surface area contributed by atoms with Crippen LogP contribution in [0.3, 0.4) is 0 Å². The van der Waals surface area contributed by atoms with E-state index in [2.05, 4.69) is 230 Å². The number of rotatable bonds is 15. The summed E-state index contributed by atoms with van der Waals surface area (Å²) in [5.41, 5.74) is 8.00. The molecule has 3 aromatic carbocycles. The van der Waals surface area contributed by atoms with Crippen LogP contribution >= 0.6 is 0 Å². The van der Waals surface area contributed by atoms with Crippen molar-refractivity contribution in [2.45, 2.75) is 199 Å². The first kappa shape index (κ1) is 98.9. The average molecular weight is 1530 g/mol. The third-order valence-electron chi connectivity index (χ3n) is 21.8. The monoisotopic (exact) mass is 1530 g/mol. The molecule has 9 nitrogen and oxygen atoms in total. The topological polar surface area (TPSA) is 61.7 Å². The third-order valence-corrected chi connectivity index (χ3v) is 28.2. The Bertz CT molecular complexity index is 2910. The van der Waals surface area contributed by atoms with Gasteiger partial charge in [-0.25, -0.2) is 0 Å². The van der Waals surface area contributed by atoms with Gasteiger partial charge in [-0.05, 0) is 192 Å². The fourth-order valence-corrected chi connectivity index (χ4v) is 24.6. The predicted molar refractivity (Wildman–Crippen MR) is 453 cm³/mol. The van der Waals surface area contributed by atoms with Gasteiger partial charge in [0.05, 0.1) is 0 Å². The van der Waals surface area contributed by atoms with Crippen molar-refractivity contribution in [1.29, 1.82) is 0 Å². The fourth-order valence-electron chi connectivity index (χ4n) is 17.6. The summed E-state index contributed by atoms with van der Waals surface area (Å²) in [6, 6.07) is 28.0. The quantitative estimate of drug-likeness (QED) is 0.112. The van der Waals surface area contributed by atoms with Crippen molar-refractivity contribution in [3.05, 3.63) is 221 Å². The van der Waals surface area contributed by atoms with Crippen molar-refractivity contribution in [2.75, 3.05) is 109 Å². The number of para-hydroxylation sites is 3. The van der Waals surface area contributed by atoms with Crippen LogP contribution in [0.5, 0.6) is 0 Å². The molecule has 0 aromatic heterocycles. The summed E-state index contributed by atoms with van der Waals surface area (Å²) in [6.07, 6.45) is 43.7. The number of benzene rings is 3. The molecule has 0 spiro atoms. The van der Waals surface area contributed by atoms with E-state index in [0.29, 0.717) is 0 Å². The van der Waals surface area contributed by atoms with Gasteiger partial charge in [0, 0.05) is 26.2 Å². The molecular weight excluding hydrogens is 1390 g/mol. The Morgan fingerprint density at radius 2 is 0.709 bits per heavy atom. The number of hydrogen-bond acceptors (Lipinski definition) is 6. The molecule has 3 aliphatic heterocycles. The molecule has 3 saturated carbocycles. The number of hydrogen-bond donors (Lipinski definition) is 0. The van der Waals surface area contributed by atoms with Gasteiger partial charge in [-0.3, -0.25) is 14.7 Å². The van der Waals surface area contributed by atoms with E-state index in [1.165, 1.54) is 127 Å². The SMILES string of the molecule is CC(C)(C)[N-]CCC1CC(N2CCCC2)C2C=CC=CC12.CC(C)(C)[N-]C[Si](C)(C)C1CC(N2CCCC2)C2C=CC=CC21.CC(C)(C)[N-][Si](C)(C)CC1CC(N2CCCC2)C2C=CC=CC12.[CH2-]c1ccccc1N(C)C.[CH2-]c1ccccc1N(C)C.[CH2-]c1ccccc1N(C)C.[CH3-].[CH3-].[CH3-].[Sc+3].[Sc+3].[Sc+3]. The standard InChI is InChI=1S/2C20H35N2Si.C19H31N2.3C9H12N.3CH3.3Sc/c1-20(2,3)21-23(4,5)15-16-14-19(22-12-8-9-13-22)18-11-7-6-10-17(16)18;1-20(2,3)21-15-23(4,5)19-14-18(22-12-8-9-13-22)16-10-6-7-11-17(16)19;1-19(2,3)20-11-10-15-14-18(21-12-6-7-13-21)17-9-5-4-8-16(15)17;3*1-8-6-4-5-7-9(8)10(2)3;;;;;;/h2*6-7,10-11,16-19H,8-9,12-15H2,1-5H3;4-5,8-9,15-18H,6-7,10-14H2,1-3H3;3*4-7H,1H2,2-3H3;3*1H3;;;/q9*-1;3*+3. The molecule has 0 bridgehead atoms. The summed E-state index contributed by atoms with van der Waals surface area (Å²) in [5.74, 6) is 6.21. The Labute approximate surface area is 695 Å². The normalized spacial score (nSPS) is 25.8. The van der Waals surface area contributed by atoms with Crippen LogP contribution in [0.1, 0.15) is 143 Å². The molecule has 12 rings (SSSR count). The van der Waals surface area contributed by atoms with E-state index >= 15 is 0 Å². The van der Waals surface area contributed by atoms with E-state index in [9.17, 15) is 0 Å². The minimum atomic E-state index is -1.50. The van der Waals surface area contributed by atoms with Crippen LogP contribution in [0.4, 0.5) is 17.1 Å². The molecule has 12 unspecified atom stereocenters. The summed E-state index contributed by atoms with van der Waals surface area (Å²) in [6.45, 7) is 50.9. The van der Waals surface area contributed by atoms with Crippen LogP contribution in [0.25, 0.3) is 15.6 Å². The third kappa shape index (κ3) is 31.0. The van der Waals surface area contributed by atoms with E-state index in [4.69, 9.17) is 15.6 Å². The van der Waals surface area contributed by atoms with E-state index in [-0.39, 0.29) is 116 Å². The van der Waals surface area contributed by atoms with Crippen molar-refractivity contribution in [3.8, 4) is 0 Å². The number of allylic oxidation sites excluding steroid dienone is 9. The van der Waals surface area contributed by atoms with Gasteiger partial charge in [0.1, 0.15) is 0 Å². The van der Waals surface area contributed by atoms with Crippen molar-refractivity contribution in [2.24, 2.45) is 47.3 Å². The first-order valence-electron chi connectivity index (χ1n) is 37.9.